The van der Waals surface area contributed by atoms with Gasteiger partial charge in [-0.2, -0.15) is 0 Å². The van der Waals surface area contributed by atoms with Crippen LogP contribution in [0.4, 0.5) is 5.69 Å². The van der Waals surface area contributed by atoms with E-state index in [-0.39, 0.29) is 5.41 Å². The fourth-order valence-corrected chi connectivity index (χ4v) is 2.71. The number of benzene rings is 1. The first-order valence-corrected chi connectivity index (χ1v) is 6.98. The van der Waals surface area contributed by atoms with E-state index in [4.69, 9.17) is 0 Å². The summed E-state index contributed by atoms with van der Waals surface area (Å²) in [6.07, 6.45) is 0. The molecule has 18 heavy (non-hydrogen) atoms. The Hall–Kier alpha value is -1.02. The van der Waals surface area contributed by atoms with Crippen molar-refractivity contribution in [1.29, 1.82) is 0 Å². The van der Waals surface area contributed by atoms with Gasteiger partial charge in [-0.05, 0) is 37.0 Å². The van der Waals surface area contributed by atoms with Gasteiger partial charge in [-0.25, -0.2) is 0 Å². The summed E-state index contributed by atoms with van der Waals surface area (Å²) >= 11 is 0. The molecular formula is C16H26N2. The van der Waals surface area contributed by atoms with Crippen LogP contribution in [0.2, 0.25) is 0 Å². The minimum absolute atomic E-state index is 0.239. The van der Waals surface area contributed by atoms with E-state index in [1.54, 1.807) is 0 Å². The molecule has 2 heteroatoms. The molecule has 0 saturated carbocycles. The quantitative estimate of drug-likeness (QED) is 0.819. The Morgan fingerprint density at radius 1 is 1.00 bits per heavy atom. The van der Waals surface area contributed by atoms with E-state index in [1.165, 1.54) is 11.3 Å². The fraction of sp³-hybridized carbons (Fsp3) is 0.625. The van der Waals surface area contributed by atoms with Gasteiger partial charge in [0.15, 0.2) is 0 Å². The van der Waals surface area contributed by atoms with E-state index >= 15 is 0 Å². The second-order valence-electron chi connectivity index (χ2n) is 6.67. The minimum atomic E-state index is 0.239. The lowest BCUT2D eigenvalue weighted by atomic mass is 9.87. The van der Waals surface area contributed by atoms with Gasteiger partial charge in [0.05, 0.1) is 0 Å². The minimum Gasteiger partial charge on any atom is -0.368 e. The van der Waals surface area contributed by atoms with E-state index in [0.717, 1.165) is 13.1 Å². The average Bonchev–Trinajstić information content (AvgIpc) is 2.27. The van der Waals surface area contributed by atoms with Gasteiger partial charge in [-0.1, -0.05) is 32.9 Å². The maximum atomic E-state index is 3.57. The highest BCUT2D eigenvalue weighted by atomic mass is 15.2. The molecule has 0 radical (unpaired) electrons. The number of hydrogen-bond donors (Lipinski definition) is 1. The van der Waals surface area contributed by atoms with Crippen LogP contribution in [-0.2, 0) is 5.41 Å². The third kappa shape index (κ3) is 3.05. The van der Waals surface area contributed by atoms with Crippen LogP contribution in [0, 0.1) is 0 Å². The van der Waals surface area contributed by atoms with Crippen LogP contribution >= 0.6 is 0 Å². The summed E-state index contributed by atoms with van der Waals surface area (Å²) in [4.78, 5) is 2.48. The number of nitrogens with zero attached hydrogens (tertiary/aromatic N) is 1. The monoisotopic (exact) mass is 246 g/mol. The summed E-state index contributed by atoms with van der Waals surface area (Å²) in [7, 11) is 0. The first-order chi connectivity index (χ1) is 8.36. The molecule has 0 amide bonds. The normalized spacial score (nSPS) is 25.3. The van der Waals surface area contributed by atoms with Crippen molar-refractivity contribution in [3.63, 3.8) is 0 Å². The summed E-state index contributed by atoms with van der Waals surface area (Å²) in [6, 6.07) is 10.2. The molecule has 100 valence electrons. The van der Waals surface area contributed by atoms with Crippen LogP contribution in [0.25, 0.3) is 0 Å². The van der Waals surface area contributed by atoms with Crippen molar-refractivity contribution in [1.82, 2.24) is 5.32 Å². The Morgan fingerprint density at radius 3 is 1.94 bits per heavy atom. The maximum Gasteiger partial charge on any atom is 0.0367 e. The molecule has 1 fully saturated rings. The third-order valence-corrected chi connectivity index (χ3v) is 3.66. The van der Waals surface area contributed by atoms with Crippen molar-refractivity contribution in [3.8, 4) is 0 Å². The van der Waals surface area contributed by atoms with E-state index in [2.05, 4.69) is 69.1 Å². The molecule has 1 aliphatic rings. The smallest absolute Gasteiger partial charge is 0.0367 e. The van der Waals surface area contributed by atoms with Crippen LogP contribution in [0.1, 0.15) is 40.2 Å². The molecule has 0 unspecified atom stereocenters. The summed E-state index contributed by atoms with van der Waals surface area (Å²) in [5.74, 6) is 0. The topological polar surface area (TPSA) is 15.3 Å². The summed E-state index contributed by atoms with van der Waals surface area (Å²) in [5.41, 5.74) is 2.99. The highest BCUT2D eigenvalue weighted by Gasteiger charge is 2.21. The molecule has 1 heterocycles. The summed E-state index contributed by atoms with van der Waals surface area (Å²) in [6.45, 7) is 13.5. The summed E-state index contributed by atoms with van der Waals surface area (Å²) in [5, 5.41) is 3.57. The predicted octanol–water partition coefficient (Wildman–Crippen LogP) is 3.17. The Bertz CT molecular complexity index is 379. The van der Waals surface area contributed by atoms with Crippen molar-refractivity contribution >= 4 is 5.69 Å². The van der Waals surface area contributed by atoms with Crippen molar-refractivity contribution in [2.75, 3.05) is 18.0 Å². The van der Waals surface area contributed by atoms with Gasteiger partial charge in [0.2, 0.25) is 0 Å². The standard InChI is InChI=1S/C16H26N2/c1-12-10-18(11-13(2)17-12)15-8-6-14(7-9-15)16(3,4)5/h6-9,12-13,17H,10-11H2,1-5H3/t12-,13+. The fourth-order valence-electron chi connectivity index (χ4n) is 2.71. The molecule has 2 nitrogen and oxygen atoms in total. The predicted molar refractivity (Wildman–Crippen MR) is 79.4 cm³/mol. The zero-order valence-electron chi connectivity index (χ0n) is 12.3. The number of hydrogen-bond acceptors (Lipinski definition) is 2. The van der Waals surface area contributed by atoms with E-state index in [1.807, 2.05) is 0 Å². The van der Waals surface area contributed by atoms with Gasteiger partial charge in [0, 0.05) is 30.9 Å². The van der Waals surface area contributed by atoms with Gasteiger partial charge >= 0.3 is 0 Å². The van der Waals surface area contributed by atoms with Crippen molar-refractivity contribution in [2.24, 2.45) is 0 Å². The molecule has 1 aromatic carbocycles. The SMILES string of the molecule is C[C@@H]1CN(c2ccc(C(C)(C)C)cc2)C[C@H](C)N1. The van der Waals surface area contributed by atoms with Gasteiger partial charge in [0.25, 0.3) is 0 Å². The van der Waals surface area contributed by atoms with Crippen molar-refractivity contribution < 1.29 is 0 Å². The van der Waals surface area contributed by atoms with Gasteiger partial charge in [0.1, 0.15) is 0 Å². The molecule has 1 aromatic rings. The van der Waals surface area contributed by atoms with E-state index < -0.39 is 0 Å². The Labute approximate surface area is 111 Å². The summed E-state index contributed by atoms with van der Waals surface area (Å²) < 4.78 is 0. The molecule has 1 aliphatic heterocycles. The lowest BCUT2D eigenvalue weighted by Crippen LogP contribution is -2.54. The van der Waals surface area contributed by atoms with Crippen molar-refractivity contribution in [3.05, 3.63) is 29.8 Å². The molecule has 0 aliphatic carbocycles. The highest BCUT2D eigenvalue weighted by molar-refractivity contribution is 5.49. The van der Waals surface area contributed by atoms with Gasteiger partial charge < -0.3 is 10.2 Å². The molecule has 0 spiro atoms. The molecule has 1 saturated heterocycles. The van der Waals surface area contributed by atoms with Crippen LogP contribution in [-0.4, -0.2) is 25.2 Å². The first-order valence-electron chi connectivity index (χ1n) is 6.98. The lowest BCUT2D eigenvalue weighted by Gasteiger charge is -2.38. The van der Waals surface area contributed by atoms with Crippen LogP contribution in [0.5, 0.6) is 0 Å². The molecule has 2 rings (SSSR count). The Morgan fingerprint density at radius 2 is 1.50 bits per heavy atom. The van der Waals surface area contributed by atoms with E-state index in [9.17, 15) is 0 Å². The molecule has 0 bridgehead atoms. The van der Waals surface area contributed by atoms with Gasteiger partial charge in [-0.3, -0.25) is 0 Å². The average molecular weight is 246 g/mol. The van der Waals surface area contributed by atoms with Crippen molar-refractivity contribution in [2.45, 2.75) is 52.1 Å². The largest absolute Gasteiger partial charge is 0.368 e. The number of anilines is 1. The first kappa shape index (κ1) is 13.4. The second kappa shape index (κ2) is 4.93. The zero-order valence-corrected chi connectivity index (χ0v) is 12.3. The van der Waals surface area contributed by atoms with E-state index in [0.29, 0.717) is 12.1 Å². The Balaban J connectivity index is 2.14. The number of piperazine rings is 1. The van der Waals surface area contributed by atoms with Gasteiger partial charge in [-0.15, -0.1) is 0 Å². The van der Waals surface area contributed by atoms with Crippen LogP contribution < -0.4 is 10.2 Å². The zero-order chi connectivity index (χ0) is 13.3. The highest BCUT2D eigenvalue weighted by Crippen LogP contribution is 2.25. The molecule has 1 N–H and O–H groups in total. The van der Waals surface area contributed by atoms with Crippen LogP contribution in [0.15, 0.2) is 24.3 Å². The molecular weight excluding hydrogens is 220 g/mol. The number of nitrogens with one attached hydrogen (secondary N) is 1. The third-order valence-electron chi connectivity index (χ3n) is 3.66. The Kier molecular flexibility index (Phi) is 3.67. The molecule has 2 atom stereocenters. The maximum absolute atomic E-state index is 3.57. The molecule has 0 aromatic heterocycles. The lowest BCUT2D eigenvalue weighted by molar-refractivity contribution is 0.407. The second-order valence-corrected chi connectivity index (χ2v) is 6.67. The number of rotatable bonds is 1. The van der Waals surface area contributed by atoms with Crippen LogP contribution in [0.3, 0.4) is 0 Å².